The Bertz CT molecular complexity index is 552. The molecule has 2 aromatic rings. The van der Waals surface area contributed by atoms with Gasteiger partial charge in [0.25, 0.3) is 0 Å². The molecule has 0 fully saturated rings. The molecule has 0 aliphatic carbocycles. The summed E-state index contributed by atoms with van der Waals surface area (Å²) in [5.74, 6) is 0.406. The first-order valence-electron chi connectivity index (χ1n) is 5.22. The van der Waals surface area contributed by atoms with Crippen LogP contribution in [0.5, 0.6) is 5.75 Å². The number of aryl methyl sites for hydroxylation is 1. The molecule has 0 heterocycles. The molecule has 0 atom stereocenters. The molecule has 88 valence electrons. The second-order valence-electron chi connectivity index (χ2n) is 3.81. The van der Waals surface area contributed by atoms with Crippen LogP contribution in [0.15, 0.2) is 40.9 Å². The van der Waals surface area contributed by atoms with Crippen molar-refractivity contribution in [3.63, 3.8) is 0 Å². The fourth-order valence-electron chi connectivity index (χ4n) is 1.82. The third-order valence-corrected chi connectivity index (χ3v) is 3.15. The maximum absolute atomic E-state index is 13.8. The van der Waals surface area contributed by atoms with E-state index in [0.717, 1.165) is 15.6 Å². The predicted molar refractivity (Wildman–Crippen MR) is 70.8 cm³/mol. The molecule has 1 nitrogen and oxygen atoms in total. The van der Waals surface area contributed by atoms with Crippen molar-refractivity contribution in [2.24, 2.45) is 0 Å². The highest BCUT2D eigenvalue weighted by Gasteiger charge is 2.13. The van der Waals surface area contributed by atoms with E-state index < -0.39 is 0 Å². The van der Waals surface area contributed by atoms with E-state index in [1.165, 1.54) is 6.07 Å². The molecule has 2 rings (SSSR count). The normalized spacial score (nSPS) is 10.4. The standard InChI is InChI=1S/C14H12BrFO/c1-9-7-11(14(17-2)12(15)8-9)10-5-3-4-6-13(10)16/h3-8H,1-2H3. The van der Waals surface area contributed by atoms with Gasteiger partial charge in [-0.3, -0.25) is 0 Å². The second-order valence-corrected chi connectivity index (χ2v) is 4.66. The molecule has 0 saturated heterocycles. The van der Waals surface area contributed by atoms with Crippen molar-refractivity contribution in [2.45, 2.75) is 6.92 Å². The first kappa shape index (κ1) is 12.1. The Hall–Kier alpha value is -1.35. The van der Waals surface area contributed by atoms with E-state index in [0.29, 0.717) is 11.3 Å². The molecule has 0 aliphatic heterocycles. The fourth-order valence-corrected chi connectivity index (χ4v) is 2.55. The van der Waals surface area contributed by atoms with Gasteiger partial charge in [-0.1, -0.05) is 18.2 Å². The minimum Gasteiger partial charge on any atom is -0.495 e. The van der Waals surface area contributed by atoms with Crippen LogP contribution in [0, 0.1) is 12.7 Å². The van der Waals surface area contributed by atoms with Crippen molar-refractivity contribution in [3.8, 4) is 16.9 Å². The van der Waals surface area contributed by atoms with E-state index >= 15 is 0 Å². The van der Waals surface area contributed by atoms with Crippen LogP contribution in [-0.2, 0) is 0 Å². The Morgan fingerprint density at radius 2 is 1.82 bits per heavy atom. The van der Waals surface area contributed by atoms with Gasteiger partial charge in [0.1, 0.15) is 11.6 Å². The molecule has 0 saturated carbocycles. The molecule has 0 spiro atoms. The smallest absolute Gasteiger partial charge is 0.140 e. The van der Waals surface area contributed by atoms with Gasteiger partial charge in [0.15, 0.2) is 0 Å². The average Bonchev–Trinajstić information content (AvgIpc) is 2.28. The lowest BCUT2D eigenvalue weighted by atomic mass is 10.0. The minimum absolute atomic E-state index is 0.247. The Kier molecular flexibility index (Phi) is 3.48. The molecule has 2 aromatic carbocycles. The topological polar surface area (TPSA) is 9.23 Å². The zero-order valence-corrected chi connectivity index (χ0v) is 11.2. The molecule has 3 heteroatoms. The van der Waals surface area contributed by atoms with E-state index in [4.69, 9.17) is 4.74 Å². The number of benzene rings is 2. The summed E-state index contributed by atoms with van der Waals surface area (Å²) < 4.78 is 19.9. The summed E-state index contributed by atoms with van der Waals surface area (Å²) in [6.45, 7) is 1.97. The highest BCUT2D eigenvalue weighted by atomic mass is 79.9. The first-order chi connectivity index (χ1) is 8.13. The Morgan fingerprint density at radius 1 is 1.12 bits per heavy atom. The van der Waals surface area contributed by atoms with Gasteiger partial charge in [0, 0.05) is 11.1 Å². The maximum atomic E-state index is 13.8. The van der Waals surface area contributed by atoms with Crippen LogP contribution in [0.25, 0.3) is 11.1 Å². The number of rotatable bonds is 2. The Balaban J connectivity index is 2.70. The van der Waals surface area contributed by atoms with Crippen LogP contribution < -0.4 is 4.74 Å². The predicted octanol–water partition coefficient (Wildman–Crippen LogP) is 4.57. The van der Waals surface area contributed by atoms with Gasteiger partial charge < -0.3 is 4.74 Å². The van der Waals surface area contributed by atoms with E-state index in [1.807, 2.05) is 25.1 Å². The van der Waals surface area contributed by atoms with Crippen LogP contribution >= 0.6 is 15.9 Å². The summed E-state index contributed by atoms with van der Waals surface area (Å²) in [6.07, 6.45) is 0. The van der Waals surface area contributed by atoms with Crippen molar-refractivity contribution < 1.29 is 9.13 Å². The Labute approximate surface area is 108 Å². The summed E-state index contributed by atoms with van der Waals surface area (Å²) in [6, 6.07) is 10.6. The van der Waals surface area contributed by atoms with Crippen LogP contribution in [0.1, 0.15) is 5.56 Å². The molecule has 0 aliphatic rings. The summed E-state index contributed by atoms with van der Waals surface area (Å²) in [5, 5.41) is 0. The van der Waals surface area contributed by atoms with Crippen molar-refractivity contribution in [3.05, 3.63) is 52.3 Å². The van der Waals surface area contributed by atoms with Gasteiger partial charge in [-0.05, 0) is 46.6 Å². The number of hydrogen-bond donors (Lipinski definition) is 0. The molecule has 0 unspecified atom stereocenters. The van der Waals surface area contributed by atoms with Crippen LogP contribution in [0.2, 0.25) is 0 Å². The maximum Gasteiger partial charge on any atom is 0.140 e. The zero-order valence-electron chi connectivity index (χ0n) is 9.63. The van der Waals surface area contributed by atoms with Gasteiger partial charge in [0.2, 0.25) is 0 Å². The number of methoxy groups -OCH3 is 1. The lowest BCUT2D eigenvalue weighted by Crippen LogP contribution is -1.92. The summed E-state index contributed by atoms with van der Waals surface area (Å²) in [4.78, 5) is 0. The fraction of sp³-hybridized carbons (Fsp3) is 0.143. The lowest BCUT2D eigenvalue weighted by molar-refractivity contribution is 0.413. The molecule has 0 radical (unpaired) electrons. The zero-order chi connectivity index (χ0) is 12.4. The van der Waals surface area contributed by atoms with Gasteiger partial charge in [-0.15, -0.1) is 0 Å². The van der Waals surface area contributed by atoms with Crippen molar-refractivity contribution in [2.75, 3.05) is 7.11 Å². The number of halogens is 2. The largest absolute Gasteiger partial charge is 0.495 e. The third-order valence-electron chi connectivity index (χ3n) is 2.56. The van der Waals surface area contributed by atoms with Gasteiger partial charge in [0.05, 0.1) is 11.6 Å². The van der Waals surface area contributed by atoms with Crippen molar-refractivity contribution in [1.82, 2.24) is 0 Å². The monoisotopic (exact) mass is 294 g/mol. The SMILES string of the molecule is COc1c(Br)cc(C)cc1-c1ccccc1F. The van der Waals surface area contributed by atoms with E-state index in [-0.39, 0.29) is 5.82 Å². The van der Waals surface area contributed by atoms with E-state index in [9.17, 15) is 4.39 Å². The van der Waals surface area contributed by atoms with E-state index in [1.54, 1.807) is 19.2 Å². The summed E-state index contributed by atoms with van der Waals surface area (Å²) in [7, 11) is 1.58. The second kappa shape index (κ2) is 4.88. The van der Waals surface area contributed by atoms with Crippen LogP contribution in [0.3, 0.4) is 0 Å². The van der Waals surface area contributed by atoms with Crippen LogP contribution in [0.4, 0.5) is 4.39 Å². The van der Waals surface area contributed by atoms with Gasteiger partial charge in [-0.25, -0.2) is 4.39 Å². The van der Waals surface area contributed by atoms with E-state index in [2.05, 4.69) is 15.9 Å². The first-order valence-corrected chi connectivity index (χ1v) is 6.02. The molecule has 0 amide bonds. The third kappa shape index (κ3) is 2.34. The summed E-state index contributed by atoms with van der Waals surface area (Å²) in [5.41, 5.74) is 2.36. The Morgan fingerprint density at radius 3 is 2.47 bits per heavy atom. The number of hydrogen-bond acceptors (Lipinski definition) is 1. The molecule has 17 heavy (non-hydrogen) atoms. The number of ether oxygens (including phenoxy) is 1. The quantitative estimate of drug-likeness (QED) is 0.788. The minimum atomic E-state index is -0.247. The van der Waals surface area contributed by atoms with Crippen molar-refractivity contribution >= 4 is 15.9 Å². The highest BCUT2D eigenvalue weighted by molar-refractivity contribution is 9.10. The molecular formula is C14H12BrFO. The molecule has 0 aromatic heterocycles. The average molecular weight is 295 g/mol. The summed E-state index contributed by atoms with van der Waals surface area (Å²) >= 11 is 3.43. The van der Waals surface area contributed by atoms with Crippen LogP contribution in [-0.4, -0.2) is 7.11 Å². The van der Waals surface area contributed by atoms with Gasteiger partial charge >= 0.3 is 0 Å². The molecule has 0 bridgehead atoms. The molecular weight excluding hydrogens is 283 g/mol. The van der Waals surface area contributed by atoms with Gasteiger partial charge in [-0.2, -0.15) is 0 Å². The van der Waals surface area contributed by atoms with Crippen molar-refractivity contribution in [1.29, 1.82) is 0 Å². The lowest BCUT2D eigenvalue weighted by Gasteiger charge is -2.12. The highest BCUT2D eigenvalue weighted by Crippen LogP contribution is 2.38. The molecule has 0 N–H and O–H groups in total.